The van der Waals surface area contributed by atoms with Crippen molar-refractivity contribution in [1.29, 1.82) is 5.26 Å². The molecular weight excluding hydrogens is 406 g/mol. The number of carbonyl (C=O) groups is 1. The van der Waals surface area contributed by atoms with Gasteiger partial charge < -0.3 is 19.8 Å². The van der Waals surface area contributed by atoms with Crippen LogP contribution in [0.3, 0.4) is 0 Å². The molecule has 1 atom stereocenters. The smallest absolute Gasteiger partial charge is 0.337 e. The molecule has 0 saturated carbocycles. The van der Waals surface area contributed by atoms with Crippen LogP contribution in [0.2, 0.25) is 0 Å². The van der Waals surface area contributed by atoms with Crippen LogP contribution in [0, 0.1) is 18.3 Å². The van der Waals surface area contributed by atoms with E-state index in [4.69, 9.17) is 15.2 Å². The number of aryl methyl sites for hydroxylation is 1. The highest BCUT2D eigenvalue weighted by Gasteiger charge is 2.34. The number of hydrogen-bond acceptors (Lipinski definition) is 6. The molecule has 0 saturated heterocycles. The van der Waals surface area contributed by atoms with E-state index in [0.717, 1.165) is 5.56 Å². The Morgan fingerprint density at radius 3 is 2.50 bits per heavy atom. The molecule has 2 heterocycles. The van der Waals surface area contributed by atoms with Crippen molar-refractivity contribution in [3.8, 4) is 11.8 Å². The molecule has 2 N–H and O–H groups in total. The van der Waals surface area contributed by atoms with Crippen LogP contribution in [0.15, 0.2) is 76.9 Å². The van der Waals surface area contributed by atoms with Crippen molar-refractivity contribution >= 4 is 5.97 Å². The Balaban J connectivity index is 1.88. The van der Waals surface area contributed by atoms with Gasteiger partial charge in [-0.1, -0.05) is 42.5 Å². The van der Waals surface area contributed by atoms with Crippen molar-refractivity contribution < 1.29 is 14.3 Å². The third kappa shape index (κ3) is 3.63. The van der Waals surface area contributed by atoms with Gasteiger partial charge in [0, 0.05) is 11.8 Å². The number of methoxy groups -OCH3 is 1. The first-order valence-corrected chi connectivity index (χ1v) is 9.98. The van der Waals surface area contributed by atoms with E-state index in [2.05, 4.69) is 6.07 Å². The zero-order valence-electron chi connectivity index (χ0n) is 17.7. The molecular formula is C25H21N3O4. The number of nitrogens with two attached hydrogens (primary N) is 1. The summed E-state index contributed by atoms with van der Waals surface area (Å²) in [4.78, 5) is 25.5. The van der Waals surface area contributed by atoms with Crippen molar-refractivity contribution in [3.05, 3.63) is 110 Å². The van der Waals surface area contributed by atoms with Crippen LogP contribution < -0.4 is 16.0 Å². The fourth-order valence-electron chi connectivity index (χ4n) is 3.91. The molecule has 7 nitrogen and oxygen atoms in total. The minimum atomic E-state index is -0.717. The highest BCUT2D eigenvalue weighted by Crippen LogP contribution is 2.40. The van der Waals surface area contributed by atoms with Crippen LogP contribution in [-0.2, 0) is 11.3 Å². The highest BCUT2D eigenvalue weighted by molar-refractivity contribution is 5.89. The summed E-state index contributed by atoms with van der Waals surface area (Å²) < 4.78 is 12.1. The summed E-state index contributed by atoms with van der Waals surface area (Å²) in [5.41, 5.74) is 8.97. The summed E-state index contributed by atoms with van der Waals surface area (Å²) >= 11 is 0. The number of ether oxygens (including phenoxy) is 2. The molecule has 3 aromatic rings. The Bertz CT molecular complexity index is 1320. The number of carbonyl (C=O) groups excluding carboxylic acids is 1. The van der Waals surface area contributed by atoms with E-state index < -0.39 is 11.9 Å². The van der Waals surface area contributed by atoms with Gasteiger partial charge in [0.05, 0.1) is 30.7 Å². The lowest BCUT2D eigenvalue weighted by Crippen LogP contribution is -2.33. The number of pyridine rings is 1. The van der Waals surface area contributed by atoms with E-state index in [9.17, 15) is 14.9 Å². The van der Waals surface area contributed by atoms with Gasteiger partial charge in [-0.3, -0.25) is 4.79 Å². The molecule has 1 aliphatic heterocycles. The first kappa shape index (κ1) is 20.9. The van der Waals surface area contributed by atoms with Crippen molar-refractivity contribution in [3.63, 3.8) is 0 Å². The molecule has 0 aliphatic carbocycles. The van der Waals surface area contributed by atoms with Crippen molar-refractivity contribution in [1.82, 2.24) is 4.57 Å². The summed E-state index contributed by atoms with van der Waals surface area (Å²) in [6.45, 7) is 2.21. The fourth-order valence-corrected chi connectivity index (χ4v) is 3.91. The number of aromatic nitrogens is 1. The number of hydrogen-bond donors (Lipinski definition) is 1. The van der Waals surface area contributed by atoms with Gasteiger partial charge in [0.1, 0.15) is 17.4 Å². The van der Waals surface area contributed by atoms with Gasteiger partial charge in [0.2, 0.25) is 5.88 Å². The molecule has 1 aliphatic rings. The second-order valence-electron chi connectivity index (χ2n) is 7.48. The van der Waals surface area contributed by atoms with Crippen LogP contribution in [0.1, 0.15) is 38.7 Å². The summed E-state index contributed by atoms with van der Waals surface area (Å²) in [5.74, 6) is -0.900. The average molecular weight is 427 g/mol. The molecule has 0 unspecified atom stereocenters. The number of allylic oxidation sites excluding steroid dienone is 1. The molecule has 0 spiro atoms. The van der Waals surface area contributed by atoms with E-state index in [1.807, 2.05) is 37.3 Å². The minimum Gasteiger partial charge on any atom is -0.465 e. The molecule has 2 aromatic carbocycles. The van der Waals surface area contributed by atoms with Crippen LogP contribution >= 0.6 is 0 Å². The third-order valence-electron chi connectivity index (χ3n) is 5.54. The summed E-state index contributed by atoms with van der Waals surface area (Å²) in [6, 6.07) is 20.1. The van der Waals surface area contributed by atoms with Crippen LogP contribution in [0.5, 0.6) is 5.75 Å². The molecule has 0 bridgehead atoms. The maximum Gasteiger partial charge on any atom is 0.337 e. The Morgan fingerprint density at radius 2 is 1.88 bits per heavy atom. The molecule has 0 fully saturated rings. The van der Waals surface area contributed by atoms with Crippen molar-refractivity contribution in [2.45, 2.75) is 19.4 Å². The normalized spacial score (nSPS) is 14.8. The first-order valence-electron chi connectivity index (χ1n) is 9.98. The van der Waals surface area contributed by atoms with Crippen LogP contribution in [0.25, 0.3) is 0 Å². The lowest BCUT2D eigenvalue weighted by atomic mass is 9.83. The number of esters is 1. The number of rotatable bonds is 4. The molecule has 160 valence electrons. The van der Waals surface area contributed by atoms with Crippen LogP contribution in [-0.4, -0.2) is 17.6 Å². The van der Waals surface area contributed by atoms with E-state index in [0.29, 0.717) is 34.7 Å². The topological polar surface area (TPSA) is 107 Å². The molecule has 4 rings (SSSR count). The van der Waals surface area contributed by atoms with Gasteiger partial charge >= 0.3 is 5.97 Å². The SMILES string of the molecule is COC(=O)c1ccc([C@@H]2C(C#N)=C(N)Oc3cc(C)n(Cc4ccccc4)c(=O)c32)cc1. The van der Waals surface area contributed by atoms with Gasteiger partial charge in [-0.2, -0.15) is 5.26 Å². The van der Waals surface area contributed by atoms with Crippen molar-refractivity contribution in [2.24, 2.45) is 5.73 Å². The molecule has 1 aromatic heterocycles. The Morgan fingerprint density at radius 1 is 1.19 bits per heavy atom. The quantitative estimate of drug-likeness (QED) is 0.641. The highest BCUT2D eigenvalue weighted by atomic mass is 16.5. The number of fused-ring (bicyclic) bond motifs is 1. The zero-order valence-corrected chi connectivity index (χ0v) is 17.7. The summed E-state index contributed by atoms with van der Waals surface area (Å²) in [6.07, 6.45) is 0. The summed E-state index contributed by atoms with van der Waals surface area (Å²) in [7, 11) is 1.31. The Labute approximate surface area is 184 Å². The predicted molar refractivity (Wildman–Crippen MR) is 118 cm³/mol. The largest absolute Gasteiger partial charge is 0.465 e. The number of nitriles is 1. The zero-order chi connectivity index (χ0) is 22.8. The Hall–Kier alpha value is -4.31. The third-order valence-corrected chi connectivity index (χ3v) is 5.54. The monoisotopic (exact) mass is 427 g/mol. The second-order valence-corrected chi connectivity index (χ2v) is 7.48. The maximum absolute atomic E-state index is 13.6. The van der Waals surface area contributed by atoms with Gasteiger partial charge in [-0.15, -0.1) is 0 Å². The maximum atomic E-state index is 13.6. The number of nitrogens with zero attached hydrogens (tertiary/aromatic N) is 2. The molecule has 32 heavy (non-hydrogen) atoms. The lowest BCUT2D eigenvalue weighted by Gasteiger charge is -2.27. The van der Waals surface area contributed by atoms with Crippen LogP contribution in [0.4, 0.5) is 0 Å². The number of benzene rings is 2. The standard InChI is InChI=1S/C25H21N3O4/c1-15-12-20-22(24(29)28(15)14-16-6-4-3-5-7-16)21(19(13-26)23(27)32-20)17-8-10-18(11-9-17)25(30)31-2/h3-12,21H,14,27H2,1-2H3/t21-/m1/s1. The average Bonchev–Trinajstić information content (AvgIpc) is 2.81. The molecule has 0 radical (unpaired) electrons. The lowest BCUT2D eigenvalue weighted by molar-refractivity contribution is 0.0600. The van der Waals surface area contributed by atoms with E-state index in [-0.39, 0.29) is 17.0 Å². The minimum absolute atomic E-state index is 0.0401. The molecule has 7 heteroatoms. The molecule has 0 amide bonds. The van der Waals surface area contributed by atoms with Gasteiger partial charge in [0.15, 0.2) is 0 Å². The second kappa shape index (κ2) is 8.44. The van der Waals surface area contributed by atoms with E-state index in [1.54, 1.807) is 34.9 Å². The fraction of sp³-hybridized carbons (Fsp3) is 0.160. The predicted octanol–water partition coefficient (Wildman–Crippen LogP) is 3.21. The van der Waals surface area contributed by atoms with Gasteiger partial charge in [-0.05, 0) is 30.2 Å². The first-order chi connectivity index (χ1) is 15.4. The Kier molecular flexibility index (Phi) is 5.52. The van der Waals surface area contributed by atoms with E-state index in [1.165, 1.54) is 7.11 Å². The van der Waals surface area contributed by atoms with Crippen molar-refractivity contribution in [2.75, 3.05) is 7.11 Å². The van der Waals surface area contributed by atoms with E-state index >= 15 is 0 Å². The van der Waals surface area contributed by atoms with Gasteiger partial charge in [-0.25, -0.2) is 4.79 Å². The summed E-state index contributed by atoms with van der Waals surface area (Å²) in [5, 5.41) is 9.80. The van der Waals surface area contributed by atoms with Gasteiger partial charge in [0.25, 0.3) is 5.56 Å².